The first-order valence-electron chi connectivity index (χ1n) is 34.7. The number of esters is 1. The molecule has 1 saturated heterocycles. The first kappa shape index (κ1) is 78.1. The highest BCUT2D eigenvalue weighted by Gasteiger charge is 2.47. The van der Waals surface area contributed by atoms with Crippen molar-refractivity contribution in [3.63, 3.8) is 0 Å². The van der Waals surface area contributed by atoms with Crippen LogP contribution in [0.4, 0.5) is 0 Å². The molecular formula is C72H129NO10. The number of ether oxygens (including phenoxy) is 3. The third-order valence-electron chi connectivity index (χ3n) is 16.1. The summed E-state index contributed by atoms with van der Waals surface area (Å²) in [4.78, 5) is 26.7. The Morgan fingerprint density at radius 2 is 0.867 bits per heavy atom. The molecule has 0 aromatic carbocycles. The molecule has 1 heterocycles. The average Bonchev–Trinajstić information content (AvgIpc) is 3.50. The molecule has 0 bridgehead atoms. The number of carbonyl (C=O) groups is 2. The number of carbonyl (C=O) groups excluding carboxylic acids is 2. The molecule has 0 aliphatic carbocycles. The van der Waals surface area contributed by atoms with Gasteiger partial charge in [0.1, 0.15) is 24.4 Å². The largest absolute Gasteiger partial charge is 0.454 e. The molecule has 1 amide bonds. The Morgan fingerprint density at radius 3 is 1.30 bits per heavy atom. The number of aliphatic hydroxyl groups is 5. The van der Waals surface area contributed by atoms with Crippen LogP contribution in [0.5, 0.6) is 0 Å². The molecule has 0 spiro atoms. The highest BCUT2D eigenvalue weighted by atomic mass is 16.7. The van der Waals surface area contributed by atoms with Crippen molar-refractivity contribution in [2.24, 2.45) is 0 Å². The maximum atomic E-state index is 13.5. The molecule has 83 heavy (non-hydrogen) atoms. The van der Waals surface area contributed by atoms with E-state index >= 15 is 0 Å². The summed E-state index contributed by atoms with van der Waals surface area (Å²) >= 11 is 0. The molecule has 11 nitrogen and oxygen atoms in total. The summed E-state index contributed by atoms with van der Waals surface area (Å²) in [7, 11) is 0. The van der Waals surface area contributed by atoms with Gasteiger partial charge >= 0.3 is 5.97 Å². The van der Waals surface area contributed by atoms with Crippen LogP contribution in [0.2, 0.25) is 0 Å². The summed E-state index contributed by atoms with van der Waals surface area (Å²) in [6.45, 7) is 5.71. The van der Waals surface area contributed by atoms with Gasteiger partial charge in [-0.15, -0.1) is 0 Å². The normalized spacial score (nSPS) is 19.0. The van der Waals surface area contributed by atoms with Gasteiger partial charge in [-0.3, -0.25) is 9.59 Å². The molecule has 0 saturated carbocycles. The minimum absolute atomic E-state index is 0.109. The lowest BCUT2D eigenvalue weighted by Crippen LogP contribution is -2.61. The van der Waals surface area contributed by atoms with Crippen LogP contribution in [0.1, 0.15) is 310 Å². The quantitative estimate of drug-likeness (QED) is 0.0195. The lowest BCUT2D eigenvalue weighted by atomic mass is 9.99. The number of amides is 1. The molecule has 8 unspecified atom stereocenters. The van der Waals surface area contributed by atoms with E-state index < -0.39 is 67.4 Å². The SMILES string of the molecule is CC/C=C\C/C=C\C/C=C\C/C=C\C/C=C\CCCCCCCCCC(=O)OC1C(OCC(NC(=O)C(O)CCCCCCCCCCCCCCCCCCCC)C(O)/C=C/CCCCCCCCCCCCC)OC(CO)C(O)C1O. The van der Waals surface area contributed by atoms with Crippen LogP contribution < -0.4 is 5.32 Å². The van der Waals surface area contributed by atoms with E-state index in [2.05, 4.69) is 86.8 Å². The van der Waals surface area contributed by atoms with Gasteiger partial charge in [0.25, 0.3) is 0 Å². The predicted octanol–water partition coefficient (Wildman–Crippen LogP) is 17.5. The number of hydrogen-bond acceptors (Lipinski definition) is 10. The monoisotopic (exact) mass is 1170 g/mol. The third kappa shape index (κ3) is 46.9. The van der Waals surface area contributed by atoms with Gasteiger partial charge in [-0.25, -0.2) is 0 Å². The number of rotatable bonds is 59. The van der Waals surface area contributed by atoms with E-state index in [1.807, 2.05) is 6.08 Å². The highest BCUT2D eigenvalue weighted by molar-refractivity contribution is 5.80. The fraction of sp³-hybridized carbons (Fsp3) is 0.806. The second kappa shape index (κ2) is 59.4. The molecule has 1 aliphatic rings. The van der Waals surface area contributed by atoms with Crippen LogP contribution >= 0.6 is 0 Å². The van der Waals surface area contributed by atoms with Gasteiger partial charge in [-0.2, -0.15) is 0 Å². The molecular weight excluding hydrogens is 1040 g/mol. The van der Waals surface area contributed by atoms with Crippen molar-refractivity contribution in [2.45, 2.75) is 359 Å². The Labute approximate surface area is 509 Å². The lowest BCUT2D eigenvalue weighted by Gasteiger charge is -2.41. The maximum absolute atomic E-state index is 13.5. The highest BCUT2D eigenvalue weighted by Crippen LogP contribution is 2.26. The number of aliphatic hydroxyl groups excluding tert-OH is 5. The minimum Gasteiger partial charge on any atom is -0.454 e. The second-order valence-corrected chi connectivity index (χ2v) is 23.9. The van der Waals surface area contributed by atoms with Crippen molar-refractivity contribution in [2.75, 3.05) is 13.2 Å². The molecule has 1 aliphatic heterocycles. The summed E-state index contributed by atoms with van der Waals surface area (Å²) in [6, 6.07) is -1.03. The summed E-state index contributed by atoms with van der Waals surface area (Å²) in [5.41, 5.74) is 0. The molecule has 1 fully saturated rings. The van der Waals surface area contributed by atoms with Crippen LogP contribution in [-0.4, -0.2) is 99.6 Å². The summed E-state index contributed by atoms with van der Waals surface area (Å²) in [5.74, 6) is -1.20. The number of hydrogen-bond donors (Lipinski definition) is 6. The second-order valence-electron chi connectivity index (χ2n) is 23.9. The van der Waals surface area contributed by atoms with Crippen molar-refractivity contribution in [3.8, 4) is 0 Å². The molecule has 6 N–H and O–H groups in total. The molecule has 0 aromatic heterocycles. The zero-order valence-corrected chi connectivity index (χ0v) is 53.6. The molecule has 0 radical (unpaired) electrons. The number of unbranched alkanes of at least 4 members (excludes halogenated alkanes) is 35. The number of allylic oxidation sites excluding steroid dienone is 11. The predicted molar refractivity (Wildman–Crippen MR) is 347 cm³/mol. The third-order valence-corrected chi connectivity index (χ3v) is 16.1. The van der Waals surface area contributed by atoms with Crippen LogP contribution in [0.15, 0.2) is 72.9 Å². The Hall–Kier alpha value is -2.90. The van der Waals surface area contributed by atoms with Crippen molar-refractivity contribution in [1.82, 2.24) is 5.32 Å². The van der Waals surface area contributed by atoms with Gasteiger partial charge in [-0.05, 0) is 70.6 Å². The van der Waals surface area contributed by atoms with E-state index in [4.69, 9.17) is 14.2 Å². The van der Waals surface area contributed by atoms with E-state index in [-0.39, 0.29) is 13.0 Å². The zero-order valence-electron chi connectivity index (χ0n) is 53.6. The van der Waals surface area contributed by atoms with Crippen LogP contribution in [-0.2, 0) is 23.8 Å². The zero-order chi connectivity index (χ0) is 60.3. The smallest absolute Gasteiger partial charge is 0.306 e. The number of nitrogens with one attached hydrogen (secondary N) is 1. The van der Waals surface area contributed by atoms with Gasteiger partial charge in [0, 0.05) is 6.42 Å². The Morgan fingerprint density at radius 1 is 0.482 bits per heavy atom. The van der Waals surface area contributed by atoms with Crippen molar-refractivity contribution in [3.05, 3.63) is 72.9 Å². The van der Waals surface area contributed by atoms with Crippen molar-refractivity contribution >= 4 is 11.9 Å². The van der Waals surface area contributed by atoms with Crippen LogP contribution in [0.25, 0.3) is 0 Å². The topological polar surface area (TPSA) is 175 Å². The van der Waals surface area contributed by atoms with Gasteiger partial charge in [0.2, 0.25) is 5.91 Å². The van der Waals surface area contributed by atoms with Gasteiger partial charge in [0.15, 0.2) is 12.4 Å². The molecule has 11 heteroatoms. The van der Waals surface area contributed by atoms with Crippen LogP contribution in [0.3, 0.4) is 0 Å². The van der Waals surface area contributed by atoms with Gasteiger partial charge in [0.05, 0.1) is 25.4 Å². The van der Waals surface area contributed by atoms with Gasteiger partial charge < -0.3 is 45.1 Å². The molecule has 0 aromatic rings. The Kier molecular flexibility index (Phi) is 55.9. The maximum Gasteiger partial charge on any atom is 0.306 e. The van der Waals surface area contributed by atoms with Crippen molar-refractivity contribution in [1.29, 1.82) is 0 Å². The average molecular weight is 1170 g/mol. The van der Waals surface area contributed by atoms with Gasteiger partial charge in [-0.1, -0.05) is 306 Å². The molecule has 482 valence electrons. The Bertz CT molecular complexity index is 1630. The summed E-state index contributed by atoms with van der Waals surface area (Å²) in [5, 5.41) is 57.2. The molecule has 8 atom stereocenters. The summed E-state index contributed by atoms with van der Waals surface area (Å²) < 4.78 is 17.7. The minimum atomic E-state index is -1.62. The lowest BCUT2D eigenvalue weighted by molar-refractivity contribution is -0.305. The fourth-order valence-electron chi connectivity index (χ4n) is 10.7. The van der Waals surface area contributed by atoms with E-state index in [0.29, 0.717) is 19.3 Å². The Balaban J connectivity index is 2.62. The standard InChI is InChI=1S/C72H129NO10/c1-4-7-10-13-16-19-22-25-27-29-31-32-33-34-35-37-39-42-45-48-51-54-57-60-67(77)83-70-69(79)68(78)66(61-74)82-72(70)81-62-63(64(75)58-55-52-49-46-43-40-24-21-18-15-12-9-6-3)73-71(80)65(76)59-56-53-50-47-44-41-38-36-30-28-26-23-20-17-14-11-8-5-2/h7,10,16,19,25,27,31-32,34-35,55,58,63-66,68-70,72,74-76,78-79H,4-6,8-9,11-15,17-18,20-24,26,28-30,33,36-54,56-57,59-62H2,1-3H3,(H,73,80)/b10-7-,19-16-,27-25-,32-31-,35-34-,58-55+. The first-order valence-corrected chi connectivity index (χ1v) is 34.7. The fourth-order valence-corrected chi connectivity index (χ4v) is 10.7. The first-order chi connectivity index (χ1) is 40.7. The van der Waals surface area contributed by atoms with Crippen molar-refractivity contribution < 1.29 is 49.3 Å². The van der Waals surface area contributed by atoms with E-state index in [9.17, 15) is 35.1 Å². The van der Waals surface area contributed by atoms with Crippen LogP contribution in [0, 0.1) is 0 Å². The van der Waals surface area contributed by atoms with E-state index in [1.165, 1.54) is 148 Å². The summed E-state index contributed by atoms with van der Waals surface area (Å²) in [6.07, 6.45) is 66.4. The van der Waals surface area contributed by atoms with E-state index in [0.717, 1.165) is 116 Å². The van der Waals surface area contributed by atoms with E-state index in [1.54, 1.807) is 6.08 Å². The molecule has 1 rings (SSSR count).